The van der Waals surface area contributed by atoms with E-state index < -0.39 is 84.7 Å². The summed E-state index contributed by atoms with van der Waals surface area (Å²) < 4.78 is 0. The second-order valence-corrected chi connectivity index (χ2v) is 14.9. The van der Waals surface area contributed by atoms with E-state index in [9.17, 15) is 43.5 Å². The van der Waals surface area contributed by atoms with E-state index in [-0.39, 0.29) is 50.0 Å². The van der Waals surface area contributed by atoms with Gasteiger partial charge < -0.3 is 53.4 Å². The smallest absolute Gasteiger partial charge is 0.326 e. The summed E-state index contributed by atoms with van der Waals surface area (Å²) in [5.41, 5.74) is 11.1. The Bertz CT molecular complexity index is 1250. The van der Waals surface area contributed by atoms with Crippen LogP contribution in [-0.2, 0) is 38.4 Å². The molecule has 0 spiro atoms. The van der Waals surface area contributed by atoms with Gasteiger partial charge in [0.1, 0.15) is 30.2 Å². The summed E-state index contributed by atoms with van der Waals surface area (Å²) in [5.74, 6) is -4.88. The number of aliphatic carboxylic acids is 1. The summed E-state index contributed by atoms with van der Waals surface area (Å²) >= 11 is 1.43. The van der Waals surface area contributed by atoms with Crippen molar-refractivity contribution in [2.75, 3.05) is 44.7 Å². The largest absolute Gasteiger partial charge is 0.480 e. The van der Waals surface area contributed by atoms with E-state index in [1.165, 1.54) is 16.7 Å². The lowest BCUT2D eigenvalue weighted by Crippen LogP contribution is -2.57. The number of carbonyl (C=O) groups is 8. The Morgan fingerprint density at radius 2 is 1.28 bits per heavy atom. The molecule has 11 N–H and O–H groups in total. The van der Waals surface area contributed by atoms with Crippen molar-refractivity contribution in [2.24, 2.45) is 23.3 Å². The van der Waals surface area contributed by atoms with Crippen molar-refractivity contribution in [1.82, 2.24) is 36.8 Å². The number of unbranched alkanes of at least 4 members (excludes halogenated alkanes) is 1. The van der Waals surface area contributed by atoms with Crippen molar-refractivity contribution in [2.45, 2.75) is 109 Å². The Balaban J connectivity index is 2.92. The molecule has 1 heterocycles. The first-order valence-corrected chi connectivity index (χ1v) is 19.6. The fourth-order valence-electron chi connectivity index (χ4n) is 5.73. The highest BCUT2D eigenvalue weighted by Crippen LogP contribution is 2.18. The lowest BCUT2D eigenvalue weighted by Gasteiger charge is -2.27. The van der Waals surface area contributed by atoms with E-state index in [0.717, 1.165) is 0 Å². The SMILES string of the molecule is CSCC[C@H](NC(=O)CNC(=O)[C@H](CC(C)C)NC(=O)[C@@H]1CCCN1C(=O)CN)C(=O)N[C@@H](CCCCN)C(=O)NCC(=O)N[C@@H](CC(C)C)C(=O)O. The lowest BCUT2D eigenvalue weighted by atomic mass is 10.0. The highest BCUT2D eigenvalue weighted by molar-refractivity contribution is 7.98. The first kappa shape index (κ1) is 47.1. The molecule has 0 aromatic heterocycles. The molecule has 0 radical (unpaired) electrons. The number of likely N-dealkylation sites (tertiary alicyclic amines) is 1. The Morgan fingerprint density at radius 1 is 0.736 bits per heavy atom. The van der Waals surface area contributed by atoms with Gasteiger partial charge in [-0.25, -0.2) is 4.79 Å². The van der Waals surface area contributed by atoms with Gasteiger partial charge in [0.05, 0.1) is 19.6 Å². The van der Waals surface area contributed by atoms with E-state index in [0.29, 0.717) is 44.5 Å². The molecule has 0 bridgehead atoms. The molecule has 7 amide bonds. The third kappa shape index (κ3) is 18.1. The van der Waals surface area contributed by atoms with Gasteiger partial charge in [0, 0.05) is 6.54 Å². The molecule has 19 heteroatoms. The van der Waals surface area contributed by atoms with Crippen LogP contribution in [0.25, 0.3) is 0 Å². The summed E-state index contributed by atoms with van der Waals surface area (Å²) in [6, 6.07) is -5.02. The summed E-state index contributed by atoms with van der Waals surface area (Å²) in [6.07, 6.45) is 4.77. The first-order chi connectivity index (χ1) is 25.0. The van der Waals surface area contributed by atoms with Gasteiger partial charge in [0.15, 0.2) is 0 Å². The summed E-state index contributed by atoms with van der Waals surface area (Å²) in [7, 11) is 0. The average molecular weight is 772 g/mol. The summed E-state index contributed by atoms with van der Waals surface area (Å²) in [4.78, 5) is 103. The van der Waals surface area contributed by atoms with Crippen molar-refractivity contribution < 1.29 is 43.5 Å². The zero-order valence-corrected chi connectivity index (χ0v) is 32.5. The molecular weight excluding hydrogens is 710 g/mol. The third-order valence-electron chi connectivity index (χ3n) is 8.42. The van der Waals surface area contributed by atoms with E-state index in [1.54, 1.807) is 0 Å². The van der Waals surface area contributed by atoms with Gasteiger partial charge in [-0.15, -0.1) is 0 Å². The van der Waals surface area contributed by atoms with E-state index in [1.807, 2.05) is 34.0 Å². The van der Waals surface area contributed by atoms with Crippen molar-refractivity contribution in [1.29, 1.82) is 0 Å². The maximum atomic E-state index is 13.4. The minimum absolute atomic E-state index is 0.000710. The number of thioether (sulfide) groups is 1. The number of carboxylic acids is 1. The van der Waals surface area contributed by atoms with Crippen LogP contribution >= 0.6 is 11.8 Å². The summed E-state index contributed by atoms with van der Waals surface area (Å²) in [6.45, 7) is 6.86. The topological polar surface area (TPSA) is 284 Å². The summed E-state index contributed by atoms with van der Waals surface area (Å²) in [5, 5.41) is 24.8. The molecule has 0 unspecified atom stereocenters. The molecule has 0 aliphatic carbocycles. The highest BCUT2D eigenvalue weighted by atomic mass is 32.2. The monoisotopic (exact) mass is 771 g/mol. The van der Waals surface area contributed by atoms with Gasteiger partial charge in [-0.3, -0.25) is 33.6 Å². The fourth-order valence-corrected chi connectivity index (χ4v) is 6.20. The molecule has 18 nitrogen and oxygen atoms in total. The van der Waals surface area contributed by atoms with Crippen molar-refractivity contribution in [3.63, 3.8) is 0 Å². The van der Waals surface area contributed by atoms with Gasteiger partial charge in [-0.2, -0.15) is 11.8 Å². The van der Waals surface area contributed by atoms with Crippen LogP contribution in [0, 0.1) is 11.8 Å². The standard InChI is InChI=1S/C34H61N9O9S/c1-20(2)15-24(42-33(50)26-10-8-13-43(26)29(46)17-36)31(48)38-18-27(44)39-23(11-14-53-5)32(49)41-22(9-6-7-12-35)30(47)37-19-28(45)40-25(34(51)52)16-21(3)4/h20-26H,6-19,35-36H2,1-5H3,(H,37,47)(H,38,48)(H,39,44)(H,40,45)(H,41,49)(H,42,50)(H,51,52)/t22-,23-,24-,25-,26-/m0/s1. The molecule has 53 heavy (non-hydrogen) atoms. The molecule has 0 saturated carbocycles. The molecule has 5 atom stereocenters. The first-order valence-electron chi connectivity index (χ1n) is 18.2. The van der Waals surface area contributed by atoms with Crippen LogP contribution in [0.2, 0.25) is 0 Å². The van der Waals surface area contributed by atoms with E-state index in [4.69, 9.17) is 11.5 Å². The van der Waals surface area contributed by atoms with E-state index in [2.05, 4.69) is 31.9 Å². The van der Waals surface area contributed by atoms with Crippen LogP contribution in [0.15, 0.2) is 0 Å². The number of nitrogens with one attached hydrogen (secondary N) is 6. The Hall–Kier alpha value is -3.97. The lowest BCUT2D eigenvalue weighted by molar-refractivity contribution is -0.142. The molecule has 0 aromatic carbocycles. The second kappa shape index (κ2) is 25.1. The molecule has 1 fully saturated rings. The number of carboxylic acid groups (broad SMARTS) is 1. The van der Waals surface area contributed by atoms with Crippen LogP contribution < -0.4 is 43.4 Å². The zero-order valence-electron chi connectivity index (χ0n) is 31.7. The number of hydrogen-bond acceptors (Lipinski definition) is 11. The maximum Gasteiger partial charge on any atom is 0.326 e. The molecule has 1 aliphatic heterocycles. The van der Waals surface area contributed by atoms with Crippen molar-refractivity contribution >= 4 is 59.1 Å². The molecule has 1 aliphatic rings. The zero-order chi connectivity index (χ0) is 40.1. The Kier molecular flexibility index (Phi) is 22.3. The Labute approximate surface area is 316 Å². The Morgan fingerprint density at radius 3 is 1.81 bits per heavy atom. The van der Waals surface area contributed by atoms with Crippen molar-refractivity contribution in [3.8, 4) is 0 Å². The average Bonchev–Trinajstić information content (AvgIpc) is 3.60. The van der Waals surface area contributed by atoms with Gasteiger partial charge >= 0.3 is 5.97 Å². The molecule has 0 aromatic rings. The quantitative estimate of drug-likeness (QED) is 0.0464. The number of nitrogens with two attached hydrogens (primary N) is 2. The number of amides is 7. The van der Waals surface area contributed by atoms with Crippen LogP contribution in [0.3, 0.4) is 0 Å². The molecule has 1 saturated heterocycles. The number of rotatable bonds is 25. The number of nitrogens with zero attached hydrogens (tertiary/aromatic N) is 1. The maximum absolute atomic E-state index is 13.4. The van der Waals surface area contributed by atoms with Crippen molar-refractivity contribution in [3.05, 3.63) is 0 Å². The third-order valence-corrected chi connectivity index (χ3v) is 9.06. The minimum Gasteiger partial charge on any atom is -0.480 e. The highest BCUT2D eigenvalue weighted by Gasteiger charge is 2.36. The number of hydrogen-bond donors (Lipinski definition) is 9. The predicted octanol–water partition coefficient (Wildman–Crippen LogP) is -1.83. The van der Waals surface area contributed by atoms with Gasteiger partial charge in [0.25, 0.3) is 0 Å². The van der Waals surface area contributed by atoms with E-state index >= 15 is 0 Å². The van der Waals surface area contributed by atoms with Gasteiger partial charge in [-0.05, 0) is 81.8 Å². The normalized spacial score (nSPS) is 16.2. The molecule has 1 rings (SSSR count). The van der Waals surface area contributed by atoms with Crippen LogP contribution in [-0.4, -0.2) is 132 Å². The van der Waals surface area contributed by atoms with Gasteiger partial charge in [-0.1, -0.05) is 27.7 Å². The molecule has 302 valence electrons. The van der Waals surface area contributed by atoms with Crippen LogP contribution in [0.1, 0.15) is 79.1 Å². The molecular formula is C34H61N9O9S. The van der Waals surface area contributed by atoms with Gasteiger partial charge in [0.2, 0.25) is 41.4 Å². The fraction of sp³-hybridized carbons (Fsp3) is 0.765. The number of carbonyl (C=O) groups excluding carboxylic acids is 7. The minimum atomic E-state index is -1.20. The van der Waals surface area contributed by atoms with Crippen LogP contribution in [0.4, 0.5) is 0 Å². The predicted molar refractivity (Wildman–Crippen MR) is 200 cm³/mol. The second-order valence-electron chi connectivity index (χ2n) is 13.9. The van der Waals surface area contributed by atoms with Crippen LogP contribution in [0.5, 0.6) is 0 Å².